The first-order chi connectivity index (χ1) is 7.31. The molecule has 80 valence electrons. The van der Waals surface area contributed by atoms with Crippen LogP contribution in [0.3, 0.4) is 0 Å². The summed E-state index contributed by atoms with van der Waals surface area (Å²) in [6, 6.07) is 3.64. The maximum Gasteiger partial charge on any atom is 0.248 e. The van der Waals surface area contributed by atoms with E-state index in [0.717, 1.165) is 23.5 Å². The number of nitrogens with zero attached hydrogens (tertiary/aromatic N) is 2. The summed E-state index contributed by atoms with van der Waals surface area (Å²) in [5.74, 6) is 1.24. The molecule has 2 rings (SSSR count). The Bertz CT molecular complexity index is 410. The Morgan fingerprint density at radius 2 is 2.47 bits per heavy atom. The molecule has 5 heteroatoms. The number of hydrogen-bond donors (Lipinski definition) is 1. The molecule has 2 aromatic heterocycles. The largest absolute Gasteiger partial charge is 0.337 e. The van der Waals surface area contributed by atoms with Crippen molar-refractivity contribution in [2.75, 3.05) is 0 Å². The fourth-order valence-electron chi connectivity index (χ4n) is 1.31. The number of nitrogens with two attached hydrogens (primary N) is 1. The lowest BCUT2D eigenvalue weighted by atomic mass is 10.2. The van der Waals surface area contributed by atoms with Gasteiger partial charge in [0.25, 0.3) is 0 Å². The molecule has 0 bridgehead atoms. The average molecular weight is 223 g/mol. The summed E-state index contributed by atoms with van der Waals surface area (Å²) in [7, 11) is 0. The van der Waals surface area contributed by atoms with Gasteiger partial charge in [-0.1, -0.05) is 18.1 Å². The van der Waals surface area contributed by atoms with Crippen molar-refractivity contribution in [1.29, 1.82) is 0 Å². The second-order valence-corrected chi connectivity index (χ2v) is 4.27. The monoisotopic (exact) mass is 223 g/mol. The van der Waals surface area contributed by atoms with Crippen molar-refractivity contribution in [2.45, 2.75) is 25.8 Å². The van der Waals surface area contributed by atoms with Gasteiger partial charge in [-0.25, -0.2) is 0 Å². The first kappa shape index (κ1) is 10.3. The molecule has 0 aliphatic heterocycles. The zero-order valence-corrected chi connectivity index (χ0v) is 9.33. The molecule has 0 aliphatic rings. The normalized spacial score (nSPS) is 12.9. The van der Waals surface area contributed by atoms with Crippen molar-refractivity contribution in [3.8, 4) is 0 Å². The van der Waals surface area contributed by atoms with Gasteiger partial charge in [-0.05, 0) is 17.9 Å². The minimum absolute atomic E-state index is 0.289. The molecule has 0 saturated carbocycles. The lowest BCUT2D eigenvalue weighted by molar-refractivity contribution is 0.363. The minimum Gasteiger partial charge on any atom is -0.337 e. The topological polar surface area (TPSA) is 64.9 Å². The second kappa shape index (κ2) is 4.55. The van der Waals surface area contributed by atoms with Gasteiger partial charge in [0.1, 0.15) is 6.04 Å². The SMILES string of the molecule is CCCc1noc(C(N)c2cccs2)n1. The van der Waals surface area contributed by atoms with E-state index in [0.29, 0.717) is 5.89 Å². The van der Waals surface area contributed by atoms with E-state index in [1.54, 1.807) is 11.3 Å². The molecule has 2 heterocycles. The van der Waals surface area contributed by atoms with E-state index >= 15 is 0 Å². The molecular weight excluding hydrogens is 210 g/mol. The van der Waals surface area contributed by atoms with Crippen LogP contribution in [0.4, 0.5) is 0 Å². The molecular formula is C10H13N3OS. The molecule has 15 heavy (non-hydrogen) atoms. The van der Waals surface area contributed by atoms with Crippen LogP contribution in [-0.4, -0.2) is 10.1 Å². The van der Waals surface area contributed by atoms with Crippen LogP contribution in [0.5, 0.6) is 0 Å². The Hall–Kier alpha value is -1.20. The third-order valence-electron chi connectivity index (χ3n) is 2.07. The Morgan fingerprint density at radius 3 is 3.13 bits per heavy atom. The highest BCUT2D eigenvalue weighted by molar-refractivity contribution is 7.10. The van der Waals surface area contributed by atoms with Crippen LogP contribution in [-0.2, 0) is 6.42 Å². The molecule has 0 spiro atoms. The third kappa shape index (κ3) is 2.24. The van der Waals surface area contributed by atoms with Gasteiger partial charge in [0, 0.05) is 11.3 Å². The van der Waals surface area contributed by atoms with Crippen molar-refractivity contribution in [3.63, 3.8) is 0 Å². The van der Waals surface area contributed by atoms with Gasteiger partial charge >= 0.3 is 0 Å². The smallest absolute Gasteiger partial charge is 0.248 e. The van der Waals surface area contributed by atoms with Crippen LogP contribution in [0.25, 0.3) is 0 Å². The van der Waals surface area contributed by atoms with E-state index in [-0.39, 0.29) is 6.04 Å². The van der Waals surface area contributed by atoms with Crippen LogP contribution in [0, 0.1) is 0 Å². The number of hydrogen-bond acceptors (Lipinski definition) is 5. The van der Waals surface area contributed by atoms with E-state index in [2.05, 4.69) is 17.1 Å². The van der Waals surface area contributed by atoms with Crippen LogP contribution < -0.4 is 5.73 Å². The van der Waals surface area contributed by atoms with E-state index in [1.165, 1.54) is 0 Å². The Morgan fingerprint density at radius 1 is 1.60 bits per heavy atom. The fraction of sp³-hybridized carbons (Fsp3) is 0.400. The highest BCUT2D eigenvalue weighted by Gasteiger charge is 2.16. The summed E-state index contributed by atoms with van der Waals surface area (Å²) in [4.78, 5) is 5.30. The van der Waals surface area contributed by atoms with Crippen molar-refractivity contribution < 1.29 is 4.52 Å². The maximum absolute atomic E-state index is 5.98. The zero-order chi connectivity index (χ0) is 10.7. The first-order valence-corrected chi connectivity index (χ1v) is 5.80. The maximum atomic E-state index is 5.98. The Balaban J connectivity index is 2.15. The molecule has 0 saturated heterocycles. The predicted molar refractivity (Wildman–Crippen MR) is 58.6 cm³/mol. The Labute approximate surface area is 92.1 Å². The van der Waals surface area contributed by atoms with Crippen molar-refractivity contribution in [1.82, 2.24) is 10.1 Å². The summed E-state index contributed by atoms with van der Waals surface area (Å²) in [5.41, 5.74) is 5.98. The summed E-state index contributed by atoms with van der Waals surface area (Å²) >= 11 is 1.60. The van der Waals surface area contributed by atoms with E-state index < -0.39 is 0 Å². The van der Waals surface area contributed by atoms with Gasteiger partial charge in [-0.3, -0.25) is 0 Å². The highest BCUT2D eigenvalue weighted by Crippen LogP contribution is 2.22. The van der Waals surface area contributed by atoms with Crippen LogP contribution in [0.15, 0.2) is 22.0 Å². The zero-order valence-electron chi connectivity index (χ0n) is 8.51. The van der Waals surface area contributed by atoms with E-state index in [1.807, 2.05) is 17.5 Å². The summed E-state index contributed by atoms with van der Waals surface area (Å²) in [6.07, 6.45) is 1.84. The molecule has 0 amide bonds. The summed E-state index contributed by atoms with van der Waals surface area (Å²) in [5, 5.41) is 5.86. The summed E-state index contributed by atoms with van der Waals surface area (Å²) < 4.78 is 5.12. The average Bonchev–Trinajstić information content (AvgIpc) is 2.87. The fourth-order valence-corrected chi connectivity index (χ4v) is 2.03. The number of rotatable bonds is 4. The predicted octanol–water partition coefficient (Wildman–Crippen LogP) is 2.13. The molecule has 0 aromatic carbocycles. The van der Waals surface area contributed by atoms with Gasteiger partial charge in [-0.2, -0.15) is 4.98 Å². The standard InChI is InChI=1S/C10H13N3OS/c1-2-4-8-12-10(14-13-8)9(11)7-5-3-6-15-7/h3,5-6,9H,2,4,11H2,1H3. The highest BCUT2D eigenvalue weighted by atomic mass is 32.1. The van der Waals surface area contributed by atoms with Gasteiger partial charge < -0.3 is 10.3 Å². The molecule has 2 aromatic rings. The number of aromatic nitrogens is 2. The van der Waals surface area contributed by atoms with Gasteiger partial charge in [0.05, 0.1) is 0 Å². The van der Waals surface area contributed by atoms with Crippen LogP contribution >= 0.6 is 11.3 Å². The Kier molecular flexibility index (Phi) is 3.13. The van der Waals surface area contributed by atoms with Crippen molar-refractivity contribution in [2.24, 2.45) is 5.73 Å². The van der Waals surface area contributed by atoms with E-state index in [9.17, 15) is 0 Å². The molecule has 2 N–H and O–H groups in total. The lowest BCUT2D eigenvalue weighted by Gasteiger charge is -2.01. The van der Waals surface area contributed by atoms with Crippen LogP contribution in [0.2, 0.25) is 0 Å². The molecule has 4 nitrogen and oxygen atoms in total. The van der Waals surface area contributed by atoms with Gasteiger partial charge in [0.15, 0.2) is 5.82 Å². The van der Waals surface area contributed by atoms with Gasteiger partial charge in [-0.15, -0.1) is 11.3 Å². The number of thiophene rings is 1. The quantitative estimate of drug-likeness (QED) is 0.862. The van der Waals surface area contributed by atoms with Crippen LogP contribution in [0.1, 0.15) is 36.0 Å². The van der Waals surface area contributed by atoms with Gasteiger partial charge in [0.2, 0.25) is 5.89 Å². The molecule has 1 atom stereocenters. The van der Waals surface area contributed by atoms with Crippen molar-refractivity contribution in [3.05, 3.63) is 34.1 Å². The first-order valence-electron chi connectivity index (χ1n) is 4.92. The van der Waals surface area contributed by atoms with E-state index in [4.69, 9.17) is 10.3 Å². The molecule has 0 radical (unpaired) electrons. The summed E-state index contributed by atoms with van der Waals surface area (Å²) in [6.45, 7) is 2.08. The molecule has 0 fully saturated rings. The third-order valence-corrected chi connectivity index (χ3v) is 3.03. The van der Waals surface area contributed by atoms with Crippen molar-refractivity contribution >= 4 is 11.3 Å². The number of aryl methyl sites for hydroxylation is 1. The lowest BCUT2D eigenvalue weighted by Crippen LogP contribution is -2.10. The molecule has 1 unspecified atom stereocenters. The molecule has 0 aliphatic carbocycles. The second-order valence-electron chi connectivity index (χ2n) is 3.29. The minimum atomic E-state index is -0.289.